The number of ether oxygens (including phenoxy) is 2. The highest BCUT2D eigenvalue weighted by Crippen LogP contribution is 2.36. The molecule has 0 fully saturated rings. The summed E-state index contributed by atoms with van der Waals surface area (Å²) >= 11 is 6.20. The van der Waals surface area contributed by atoms with Crippen LogP contribution in [-0.4, -0.2) is 19.3 Å². The molecule has 0 bridgehead atoms. The quantitative estimate of drug-likeness (QED) is 0.539. The Morgan fingerprint density at radius 1 is 1.26 bits per heavy atom. The maximum atomic E-state index is 14.2. The van der Waals surface area contributed by atoms with E-state index in [1.807, 2.05) is 13.0 Å². The fourth-order valence-electron chi connectivity index (χ4n) is 2.85. The van der Waals surface area contributed by atoms with E-state index in [0.717, 1.165) is 43.4 Å². The first-order valence-electron chi connectivity index (χ1n) is 8.59. The van der Waals surface area contributed by atoms with Crippen LogP contribution < -0.4 is 4.74 Å². The minimum absolute atomic E-state index is 0.157. The summed E-state index contributed by atoms with van der Waals surface area (Å²) in [6, 6.07) is 3.51. The van der Waals surface area contributed by atoms with Gasteiger partial charge in [-0.05, 0) is 55.9 Å². The van der Waals surface area contributed by atoms with E-state index in [9.17, 15) is 4.39 Å². The van der Waals surface area contributed by atoms with Crippen LogP contribution in [0.2, 0.25) is 5.02 Å². The molecule has 2 nitrogen and oxygen atoms in total. The molecule has 1 atom stereocenters. The number of halogens is 2. The lowest BCUT2D eigenvalue weighted by molar-refractivity contribution is 0.0460. The Kier molecular flexibility index (Phi) is 7.38. The lowest BCUT2D eigenvalue weighted by Gasteiger charge is -2.23. The van der Waals surface area contributed by atoms with Gasteiger partial charge in [0, 0.05) is 6.61 Å². The van der Waals surface area contributed by atoms with Crippen LogP contribution in [0.3, 0.4) is 0 Å². The van der Waals surface area contributed by atoms with Crippen molar-refractivity contribution in [2.75, 3.05) is 13.2 Å². The van der Waals surface area contributed by atoms with Gasteiger partial charge >= 0.3 is 0 Å². The van der Waals surface area contributed by atoms with E-state index < -0.39 is 5.82 Å². The number of benzene rings is 1. The van der Waals surface area contributed by atoms with Gasteiger partial charge < -0.3 is 9.47 Å². The first-order valence-corrected chi connectivity index (χ1v) is 8.96. The summed E-state index contributed by atoms with van der Waals surface area (Å²) in [5, 5.41) is 0.157. The zero-order chi connectivity index (χ0) is 16.7. The Morgan fingerprint density at radius 3 is 2.74 bits per heavy atom. The van der Waals surface area contributed by atoms with Gasteiger partial charge in [-0.25, -0.2) is 4.39 Å². The molecule has 0 aromatic heterocycles. The normalized spacial score (nSPS) is 17.9. The summed E-state index contributed by atoms with van der Waals surface area (Å²) in [7, 11) is 0. The Morgan fingerprint density at radius 2 is 2.09 bits per heavy atom. The SMILES string of the molecule is CCCCCOC1CC=C(c2ccc(OCC)c(F)c2Cl)CC1. The molecule has 0 heterocycles. The molecule has 0 N–H and O–H groups in total. The van der Waals surface area contributed by atoms with E-state index in [-0.39, 0.29) is 16.9 Å². The van der Waals surface area contributed by atoms with Gasteiger partial charge in [-0.1, -0.05) is 37.4 Å². The Bertz CT molecular complexity index is 542. The fraction of sp³-hybridized carbons (Fsp3) is 0.579. The van der Waals surface area contributed by atoms with Crippen LogP contribution in [-0.2, 0) is 4.74 Å². The van der Waals surface area contributed by atoms with Crippen molar-refractivity contribution >= 4 is 17.2 Å². The first kappa shape index (κ1) is 18.3. The average Bonchev–Trinajstić information content (AvgIpc) is 2.57. The van der Waals surface area contributed by atoms with Crippen molar-refractivity contribution in [3.8, 4) is 5.75 Å². The smallest absolute Gasteiger partial charge is 0.184 e. The maximum absolute atomic E-state index is 14.2. The van der Waals surface area contributed by atoms with Crippen molar-refractivity contribution in [2.45, 2.75) is 58.5 Å². The van der Waals surface area contributed by atoms with Crippen LogP contribution >= 0.6 is 11.6 Å². The molecule has 1 unspecified atom stereocenters. The standard InChI is InChI=1S/C19H26ClFO2/c1-3-5-6-13-23-15-9-7-14(8-10-15)16-11-12-17(22-4-2)19(21)18(16)20/h7,11-12,15H,3-6,8-10,13H2,1-2H3. The van der Waals surface area contributed by atoms with Gasteiger partial charge in [0.25, 0.3) is 0 Å². The minimum Gasteiger partial charge on any atom is -0.491 e. The molecule has 4 heteroatoms. The first-order chi connectivity index (χ1) is 11.2. The molecular weight excluding hydrogens is 315 g/mol. The van der Waals surface area contributed by atoms with Crippen LogP contribution in [0.5, 0.6) is 5.75 Å². The van der Waals surface area contributed by atoms with E-state index in [4.69, 9.17) is 21.1 Å². The predicted molar refractivity (Wildman–Crippen MR) is 93.7 cm³/mol. The van der Waals surface area contributed by atoms with Gasteiger partial charge in [0.2, 0.25) is 0 Å². The molecular formula is C19H26ClFO2. The van der Waals surface area contributed by atoms with Gasteiger partial charge in [0.05, 0.1) is 17.7 Å². The van der Waals surface area contributed by atoms with Crippen LogP contribution in [0.15, 0.2) is 18.2 Å². The molecule has 23 heavy (non-hydrogen) atoms. The second kappa shape index (κ2) is 9.29. The van der Waals surface area contributed by atoms with Crippen molar-refractivity contribution < 1.29 is 13.9 Å². The summed E-state index contributed by atoms with van der Waals surface area (Å²) in [5.41, 5.74) is 1.88. The average molecular weight is 341 g/mol. The second-order valence-corrected chi connectivity index (χ2v) is 6.25. The largest absolute Gasteiger partial charge is 0.491 e. The molecule has 0 aliphatic heterocycles. The van der Waals surface area contributed by atoms with Gasteiger partial charge in [-0.3, -0.25) is 0 Å². The second-order valence-electron chi connectivity index (χ2n) is 5.88. The van der Waals surface area contributed by atoms with Crippen molar-refractivity contribution in [2.24, 2.45) is 0 Å². The molecule has 0 spiro atoms. The fourth-order valence-corrected chi connectivity index (χ4v) is 3.13. The van der Waals surface area contributed by atoms with E-state index in [0.29, 0.717) is 6.61 Å². The van der Waals surface area contributed by atoms with Crippen LogP contribution in [0.1, 0.15) is 57.9 Å². The van der Waals surface area contributed by atoms with E-state index >= 15 is 0 Å². The Balaban J connectivity index is 1.98. The molecule has 0 radical (unpaired) electrons. The molecule has 2 rings (SSSR count). The van der Waals surface area contributed by atoms with Crippen molar-refractivity contribution in [1.82, 2.24) is 0 Å². The van der Waals surface area contributed by atoms with E-state index in [1.165, 1.54) is 12.8 Å². The summed E-state index contributed by atoms with van der Waals surface area (Å²) < 4.78 is 25.4. The van der Waals surface area contributed by atoms with Crippen LogP contribution in [0.4, 0.5) is 4.39 Å². The van der Waals surface area contributed by atoms with E-state index in [1.54, 1.807) is 6.07 Å². The third kappa shape index (κ3) is 4.95. The third-order valence-corrected chi connectivity index (χ3v) is 4.53. The van der Waals surface area contributed by atoms with Crippen LogP contribution in [0, 0.1) is 5.82 Å². The van der Waals surface area contributed by atoms with Gasteiger partial charge in [0.1, 0.15) is 0 Å². The molecule has 1 aromatic carbocycles. The topological polar surface area (TPSA) is 18.5 Å². The van der Waals surface area contributed by atoms with Gasteiger partial charge in [0.15, 0.2) is 11.6 Å². The third-order valence-electron chi connectivity index (χ3n) is 4.16. The van der Waals surface area contributed by atoms with E-state index in [2.05, 4.69) is 13.0 Å². The van der Waals surface area contributed by atoms with Crippen molar-refractivity contribution in [3.05, 3.63) is 34.6 Å². The number of unbranched alkanes of at least 4 members (excludes halogenated alkanes) is 2. The highest BCUT2D eigenvalue weighted by molar-refractivity contribution is 6.32. The van der Waals surface area contributed by atoms with Crippen molar-refractivity contribution in [3.63, 3.8) is 0 Å². The highest BCUT2D eigenvalue weighted by atomic mass is 35.5. The van der Waals surface area contributed by atoms with Gasteiger partial charge in [-0.15, -0.1) is 0 Å². The van der Waals surface area contributed by atoms with Crippen LogP contribution in [0.25, 0.3) is 5.57 Å². The number of hydrogen-bond acceptors (Lipinski definition) is 2. The highest BCUT2D eigenvalue weighted by Gasteiger charge is 2.20. The molecule has 0 amide bonds. The molecule has 128 valence electrons. The monoisotopic (exact) mass is 340 g/mol. The zero-order valence-corrected chi connectivity index (χ0v) is 14.8. The lowest BCUT2D eigenvalue weighted by atomic mass is 9.92. The Labute approximate surface area is 143 Å². The summed E-state index contributed by atoms with van der Waals surface area (Å²) in [4.78, 5) is 0. The molecule has 1 aromatic rings. The number of hydrogen-bond donors (Lipinski definition) is 0. The Hall–Kier alpha value is -1.06. The molecule has 1 aliphatic rings. The number of rotatable bonds is 8. The maximum Gasteiger partial charge on any atom is 0.184 e. The minimum atomic E-state index is -0.468. The molecule has 1 aliphatic carbocycles. The summed E-state index contributed by atoms with van der Waals surface area (Å²) in [6.45, 7) is 5.27. The van der Waals surface area contributed by atoms with Gasteiger partial charge in [-0.2, -0.15) is 0 Å². The van der Waals surface area contributed by atoms with Crippen molar-refractivity contribution in [1.29, 1.82) is 0 Å². The number of allylic oxidation sites excluding steroid dienone is 1. The zero-order valence-electron chi connectivity index (χ0n) is 14.0. The summed E-state index contributed by atoms with van der Waals surface area (Å²) in [5.74, 6) is -0.250. The summed E-state index contributed by atoms with van der Waals surface area (Å²) in [6.07, 6.45) is 8.66. The predicted octanol–water partition coefficient (Wildman–Crippen LogP) is 6.02. The molecule has 0 saturated heterocycles. The molecule has 0 saturated carbocycles. The lowest BCUT2D eigenvalue weighted by Crippen LogP contribution is -2.16.